The first-order valence-corrected chi connectivity index (χ1v) is 5.64. The first-order valence-electron chi connectivity index (χ1n) is 5.64. The van der Waals surface area contributed by atoms with Crippen LogP contribution in [0, 0.1) is 17.0 Å². The second-order valence-electron chi connectivity index (χ2n) is 4.00. The van der Waals surface area contributed by atoms with Crippen molar-refractivity contribution in [2.75, 3.05) is 5.32 Å². The molecule has 8 nitrogen and oxygen atoms in total. The fraction of sp³-hybridized carbons (Fsp3) is 0.167. The van der Waals surface area contributed by atoms with Crippen molar-refractivity contribution in [3.05, 3.63) is 51.6 Å². The molecule has 0 amide bonds. The summed E-state index contributed by atoms with van der Waals surface area (Å²) in [6, 6.07) is 4.22. The summed E-state index contributed by atoms with van der Waals surface area (Å²) in [6.45, 7) is 1.80. The topological polar surface area (TPSA) is 119 Å². The maximum atomic E-state index is 10.9. The van der Waals surface area contributed by atoms with Gasteiger partial charge in [0.2, 0.25) is 0 Å². The van der Waals surface area contributed by atoms with Crippen LogP contribution in [0.1, 0.15) is 21.9 Å². The number of nitrogens with one attached hydrogen (secondary N) is 1. The molecule has 0 bridgehead atoms. The molecular weight excluding hydrogens is 266 g/mol. The smallest absolute Gasteiger partial charge is 0.339 e. The fourth-order valence-corrected chi connectivity index (χ4v) is 1.62. The number of anilines is 1. The number of hydrogen-bond acceptors (Lipinski definition) is 6. The molecule has 0 saturated heterocycles. The Hall–Kier alpha value is -2.90. The number of aromatic carboxylic acids is 1. The molecule has 0 saturated carbocycles. The van der Waals surface area contributed by atoms with Gasteiger partial charge in [-0.15, -0.1) is 0 Å². The van der Waals surface area contributed by atoms with Crippen molar-refractivity contribution in [3.63, 3.8) is 0 Å². The fourth-order valence-electron chi connectivity index (χ4n) is 1.62. The van der Waals surface area contributed by atoms with Crippen molar-refractivity contribution >= 4 is 17.5 Å². The quantitative estimate of drug-likeness (QED) is 0.635. The highest BCUT2D eigenvalue weighted by Crippen LogP contribution is 2.17. The molecule has 0 spiro atoms. The minimum atomic E-state index is -1.05. The molecule has 104 valence electrons. The summed E-state index contributed by atoms with van der Waals surface area (Å²) in [4.78, 5) is 24.7. The number of furan rings is 1. The van der Waals surface area contributed by atoms with Gasteiger partial charge < -0.3 is 14.8 Å². The molecule has 0 atom stereocenters. The van der Waals surface area contributed by atoms with E-state index < -0.39 is 10.9 Å². The molecule has 0 aliphatic rings. The second-order valence-corrected chi connectivity index (χ2v) is 4.00. The molecule has 0 fully saturated rings. The number of nitrogens with zero attached hydrogens (tertiary/aromatic N) is 2. The van der Waals surface area contributed by atoms with E-state index in [0.29, 0.717) is 17.3 Å². The first kappa shape index (κ1) is 13.5. The largest absolute Gasteiger partial charge is 0.478 e. The van der Waals surface area contributed by atoms with Crippen LogP contribution in [-0.4, -0.2) is 21.0 Å². The molecule has 0 aliphatic carbocycles. The van der Waals surface area contributed by atoms with Crippen LogP contribution in [0.25, 0.3) is 0 Å². The summed E-state index contributed by atoms with van der Waals surface area (Å²) in [5.74, 6) is 0.151. The van der Waals surface area contributed by atoms with Crippen LogP contribution < -0.4 is 5.32 Å². The summed E-state index contributed by atoms with van der Waals surface area (Å²) in [5, 5.41) is 22.2. The third-order valence-corrected chi connectivity index (χ3v) is 2.60. The Labute approximate surface area is 113 Å². The zero-order valence-corrected chi connectivity index (χ0v) is 10.5. The Morgan fingerprint density at radius 2 is 2.30 bits per heavy atom. The summed E-state index contributed by atoms with van der Waals surface area (Å²) in [6.07, 6.45) is 1.14. The average Bonchev–Trinajstić information content (AvgIpc) is 2.78. The Morgan fingerprint density at radius 3 is 2.80 bits per heavy atom. The number of carboxylic acids is 1. The van der Waals surface area contributed by atoms with Crippen molar-refractivity contribution in [1.82, 2.24) is 4.98 Å². The number of pyridine rings is 1. The lowest BCUT2D eigenvalue weighted by Crippen LogP contribution is -2.01. The summed E-state index contributed by atoms with van der Waals surface area (Å²) in [5.41, 5.74) is 0.0102. The number of hydrogen-bond donors (Lipinski definition) is 2. The van der Waals surface area contributed by atoms with Gasteiger partial charge in [-0.25, -0.2) is 9.78 Å². The number of aryl methyl sites for hydroxylation is 1. The third kappa shape index (κ3) is 2.91. The van der Waals surface area contributed by atoms with E-state index in [1.807, 2.05) is 0 Å². The van der Waals surface area contributed by atoms with Gasteiger partial charge in [-0.05, 0) is 19.1 Å². The van der Waals surface area contributed by atoms with Gasteiger partial charge in [-0.3, -0.25) is 10.1 Å². The maximum absolute atomic E-state index is 10.9. The van der Waals surface area contributed by atoms with Crippen LogP contribution in [0.3, 0.4) is 0 Å². The number of carbonyl (C=O) groups is 1. The molecule has 8 heteroatoms. The molecule has 0 aromatic carbocycles. The molecule has 0 unspecified atom stereocenters. The van der Waals surface area contributed by atoms with Crippen molar-refractivity contribution in [2.45, 2.75) is 13.5 Å². The van der Waals surface area contributed by atoms with Gasteiger partial charge in [0.1, 0.15) is 29.1 Å². The maximum Gasteiger partial charge on any atom is 0.339 e. The zero-order valence-electron chi connectivity index (χ0n) is 10.5. The average molecular weight is 277 g/mol. The van der Waals surface area contributed by atoms with Crippen LogP contribution >= 0.6 is 0 Å². The van der Waals surface area contributed by atoms with Crippen molar-refractivity contribution in [1.29, 1.82) is 0 Å². The predicted octanol–water partition coefficient (Wildman–Crippen LogP) is 2.20. The van der Waals surface area contributed by atoms with Gasteiger partial charge in [0.15, 0.2) is 0 Å². The number of carboxylic acid groups (broad SMARTS) is 1. The Morgan fingerprint density at radius 1 is 1.55 bits per heavy atom. The molecule has 2 rings (SSSR count). The predicted molar refractivity (Wildman–Crippen MR) is 68.6 cm³/mol. The lowest BCUT2D eigenvalue weighted by Gasteiger charge is -2.02. The van der Waals surface area contributed by atoms with Crippen molar-refractivity contribution in [3.8, 4) is 0 Å². The van der Waals surface area contributed by atoms with E-state index in [9.17, 15) is 14.9 Å². The minimum Gasteiger partial charge on any atom is -0.478 e. The Kier molecular flexibility index (Phi) is 3.65. The van der Waals surface area contributed by atoms with Gasteiger partial charge >= 0.3 is 5.97 Å². The number of aromatic nitrogens is 1. The van der Waals surface area contributed by atoms with E-state index in [2.05, 4.69) is 10.3 Å². The van der Waals surface area contributed by atoms with Gasteiger partial charge in [0.05, 0.1) is 11.5 Å². The molecule has 0 radical (unpaired) electrons. The highest BCUT2D eigenvalue weighted by atomic mass is 16.6. The summed E-state index contributed by atoms with van der Waals surface area (Å²) >= 11 is 0. The van der Waals surface area contributed by atoms with E-state index in [4.69, 9.17) is 9.52 Å². The lowest BCUT2D eigenvalue weighted by atomic mass is 10.2. The first-order chi connectivity index (χ1) is 9.47. The van der Waals surface area contributed by atoms with Crippen LogP contribution in [0.2, 0.25) is 0 Å². The molecule has 2 aromatic rings. The van der Waals surface area contributed by atoms with Gasteiger partial charge in [-0.1, -0.05) is 0 Å². The van der Waals surface area contributed by atoms with Crippen LogP contribution in [0.4, 0.5) is 11.5 Å². The highest BCUT2D eigenvalue weighted by Gasteiger charge is 2.13. The monoisotopic (exact) mass is 277 g/mol. The van der Waals surface area contributed by atoms with Crippen LogP contribution in [0.5, 0.6) is 0 Å². The summed E-state index contributed by atoms with van der Waals surface area (Å²) in [7, 11) is 0. The van der Waals surface area contributed by atoms with Crippen LogP contribution in [-0.2, 0) is 6.54 Å². The standard InChI is InChI=1S/C12H11N3O5/c1-7-10(12(16)17)4-9(20-7)6-14-11-3-2-8(5-13-11)15(18)19/h2-5H,6H2,1H3,(H,13,14)(H,16,17). The highest BCUT2D eigenvalue weighted by molar-refractivity contribution is 5.88. The molecular formula is C12H11N3O5. The van der Waals surface area contributed by atoms with E-state index in [0.717, 1.165) is 6.20 Å². The van der Waals surface area contributed by atoms with Crippen molar-refractivity contribution in [2.24, 2.45) is 0 Å². The van der Waals surface area contributed by atoms with E-state index in [1.165, 1.54) is 18.2 Å². The Bertz CT molecular complexity index is 648. The van der Waals surface area contributed by atoms with Gasteiger partial charge in [-0.2, -0.15) is 0 Å². The van der Waals surface area contributed by atoms with Crippen LogP contribution in [0.15, 0.2) is 28.8 Å². The SMILES string of the molecule is Cc1oc(CNc2ccc([N+](=O)[O-])cn2)cc1C(=O)O. The molecule has 20 heavy (non-hydrogen) atoms. The minimum absolute atomic E-state index is 0.0995. The van der Waals surface area contributed by atoms with E-state index in [-0.39, 0.29) is 17.8 Å². The normalized spacial score (nSPS) is 10.2. The van der Waals surface area contributed by atoms with E-state index in [1.54, 1.807) is 6.92 Å². The van der Waals surface area contributed by atoms with E-state index >= 15 is 0 Å². The van der Waals surface area contributed by atoms with Crippen molar-refractivity contribution < 1.29 is 19.2 Å². The van der Waals surface area contributed by atoms with Gasteiger partial charge in [0, 0.05) is 6.07 Å². The summed E-state index contributed by atoms with van der Waals surface area (Å²) < 4.78 is 5.28. The second kappa shape index (κ2) is 5.39. The van der Waals surface area contributed by atoms with Gasteiger partial charge in [0.25, 0.3) is 5.69 Å². The zero-order chi connectivity index (χ0) is 14.7. The molecule has 0 aliphatic heterocycles. The number of rotatable bonds is 5. The Balaban J connectivity index is 2.03. The molecule has 2 N–H and O–H groups in total. The molecule has 2 aromatic heterocycles. The lowest BCUT2D eigenvalue weighted by molar-refractivity contribution is -0.385. The molecule has 2 heterocycles. The number of nitro groups is 1. The third-order valence-electron chi connectivity index (χ3n) is 2.60.